The van der Waals surface area contributed by atoms with Gasteiger partial charge in [-0.3, -0.25) is 9.59 Å². The van der Waals surface area contributed by atoms with E-state index in [0.29, 0.717) is 137 Å². The Bertz CT molecular complexity index is 2490. The summed E-state index contributed by atoms with van der Waals surface area (Å²) in [6.07, 6.45) is 2.65. The predicted molar refractivity (Wildman–Crippen MR) is 297 cm³/mol. The van der Waals surface area contributed by atoms with Crippen LogP contribution in [0.1, 0.15) is 32.1 Å². The number of likely N-dealkylation sites (N-methyl/N-ethyl adjacent to an activating group) is 1. The topological polar surface area (TPSA) is 139 Å². The van der Waals surface area contributed by atoms with Crippen molar-refractivity contribution in [2.45, 2.75) is 38.6 Å². The lowest BCUT2D eigenvalue weighted by molar-refractivity contribution is -0.909. The first-order valence-electron chi connectivity index (χ1n) is 24.6. The first-order chi connectivity index (χ1) is 34.5. The number of aromatic nitrogens is 1. The smallest absolute Gasteiger partial charge is 0.220 e. The number of benzene rings is 5. The van der Waals surface area contributed by atoms with Crippen molar-refractivity contribution in [1.29, 1.82) is 0 Å². The minimum Gasteiger partial charge on any atom is -0.494 e. The monoisotopic (exact) mass is 1050 g/mol. The fourth-order valence-electron chi connectivity index (χ4n) is 8.95. The molecule has 1 aromatic heterocycles. The van der Waals surface area contributed by atoms with Crippen LogP contribution in [0.3, 0.4) is 0 Å². The summed E-state index contributed by atoms with van der Waals surface area (Å²) in [7, 11) is 2.20. The van der Waals surface area contributed by atoms with Gasteiger partial charge in [-0.15, -0.1) is 46.4 Å². The number of halogens is 4. The summed E-state index contributed by atoms with van der Waals surface area (Å²) in [6, 6.07) is 38.3. The van der Waals surface area contributed by atoms with Gasteiger partial charge in [-0.2, -0.15) is 4.57 Å². The van der Waals surface area contributed by atoms with Crippen molar-refractivity contribution >= 4 is 103 Å². The maximum Gasteiger partial charge on any atom is 0.220 e. The van der Waals surface area contributed by atoms with Crippen LogP contribution in [-0.4, -0.2) is 119 Å². The molecule has 5 aromatic carbocycles. The Morgan fingerprint density at radius 1 is 0.577 bits per heavy atom. The molecule has 0 unspecified atom stereocenters. The van der Waals surface area contributed by atoms with Gasteiger partial charge >= 0.3 is 0 Å². The summed E-state index contributed by atoms with van der Waals surface area (Å²) >= 11 is 24.0. The van der Waals surface area contributed by atoms with E-state index in [4.69, 9.17) is 67.3 Å². The number of anilines is 4. The molecule has 0 spiro atoms. The molecule has 0 aliphatic heterocycles. The zero-order valence-corrected chi connectivity index (χ0v) is 43.9. The number of aryl methyl sites for hydroxylation is 1. The number of alkyl halides is 4. The first kappa shape index (κ1) is 55.0. The minimum absolute atomic E-state index is 0.0260. The van der Waals surface area contributed by atoms with Crippen molar-refractivity contribution in [1.82, 2.24) is 10.6 Å². The summed E-state index contributed by atoms with van der Waals surface area (Å²) in [4.78, 5) is 30.6. The molecular formula is C55H70Cl4N8O4+2. The quantitative estimate of drug-likeness (QED) is 0.00844. The number of ether oxygens (including phenoxy) is 2. The van der Waals surface area contributed by atoms with Gasteiger partial charge in [0.15, 0.2) is 6.54 Å². The zero-order chi connectivity index (χ0) is 50.4. The van der Waals surface area contributed by atoms with Crippen LogP contribution in [0.4, 0.5) is 22.7 Å². The number of nitrogen functional groups attached to an aromatic ring is 2. The van der Waals surface area contributed by atoms with Crippen molar-refractivity contribution in [2.24, 2.45) is 0 Å². The second-order valence-electron chi connectivity index (χ2n) is 17.9. The van der Waals surface area contributed by atoms with Crippen molar-refractivity contribution in [2.75, 3.05) is 124 Å². The summed E-state index contributed by atoms with van der Waals surface area (Å²) in [5, 5.41) is 9.60. The molecule has 0 radical (unpaired) electrons. The zero-order valence-electron chi connectivity index (χ0n) is 40.9. The second-order valence-corrected chi connectivity index (χ2v) is 19.4. The van der Waals surface area contributed by atoms with E-state index in [1.165, 1.54) is 0 Å². The molecule has 0 atom stereocenters. The Morgan fingerprint density at radius 2 is 1.06 bits per heavy atom. The van der Waals surface area contributed by atoms with Crippen LogP contribution in [-0.2, 0) is 16.1 Å². The largest absolute Gasteiger partial charge is 0.494 e. The lowest BCUT2D eigenvalue weighted by Gasteiger charge is -2.34. The van der Waals surface area contributed by atoms with Gasteiger partial charge in [0.2, 0.25) is 23.0 Å². The third kappa shape index (κ3) is 16.6. The van der Waals surface area contributed by atoms with Crippen molar-refractivity contribution in [3.63, 3.8) is 0 Å². The summed E-state index contributed by atoms with van der Waals surface area (Å²) < 4.78 is 14.9. The number of rotatable bonds is 31. The van der Waals surface area contributed by atoms with Crippen LogP contribution in [0, 0.1) is 0 Å². The highest BCUT2D eigenvalue weighted by molar-refractivity contribution is 6.19. The highest BCUT2D eigenvalue weighted by atomic mass is 35.5. The van der Waals surface area contributed by atoms with Crippen LogP contribution >= 0.6 is 46.4 Å². The van der Waals surface area contributed by atoms with Gasteiger partial charge in [0.25, 0.3) is 0 Å². The molecule has 71 heavy (non-hydrogen) atoms. The van der Waals surface area contributed by atoms with Crippen molar-refractivity contribution in [3.05, 3.63) is 115 Å². The highest BCUT2D eigenvalue weighted by Crippen LogP contribution is 2.33. The number of nitrogens with one attached hydrogen (secondary N) is 2. The standard InChI is InChI=1S/C55H68Cl4N8O4/c1-67(36-28-62-53(68)10-5-38-70-47-18-14-45(15-19-47)64(31-24-56)32-25-57,37-29-63-54(69)11-6-39-71-48-20-16-46(17-21-48)65(33-26-58)34-27-59)35-7-30-66-52-41-44(61)13-23-50(52)49-22-12-43(60)40-51(49)55(66)42-8-3-2-4-9-42/h2-4,8-9,12-23,40-41,61H,5-7,10-11,24-39,60H2,1H3,(H-,62,63,68,69)/p+2. The van der Waals surface area contributed by atoms with Crippen molar-refractivity contribution in [3.8, 4) is 22.8 Å². The van der Waals surface area contributed by atoms with E-state index in [1.54, 1.807) is 0 Å². The molecule has 0 bridgehead atoms. The normalized spacial score (nSPS) is 11.5. The van der Waals surface area contributed by atoms with Crippen LogP contribution < -0.4 is 45.9 Å². The molecule has 6 aromatic rings. The molecular weight excluding hydrogens is 978 g/mol. The molecule has 0 aliphatic rings. The number of amides is 2. The Morgan fingerprint density at radius 3 is 1.55 bits per heavy atom. The minimum atomic E-state index is -0.0260. The third-order valence-electron chi connectivity index (χ3n) is 12.7. The molecule has 6 N–H and O–H groups in total. The number of fused-ring (bicyclic) bond motifs is 3. The van der Waals surface area contributed by atoms with E-state index in [0.717, 1.165) is 68.8 Å². The van der Waals surface area contributed by atoms with E-state index in [2.05, 4.69) is 80.6 Å². The molecule has 2 amide bonds. The molecule has 380 valence electrons. The number of carbonyl (C=O) groups is 2. The average Bonchev–Trinajstić information content (AvgIpc) is 3.37. The number of nitrogens with zero attached hydrogens (tertiary/aromatic N) is 4. The number of hydrogen-bond donors (Lipinski definition) is 4. The van der Waals surface area contributed by atoms with E-state index in [9.17, 15) is 9.59 Å². The molecule has 0 fully saturated rings. The first-order valence-corrected chi connectivity index (χ1v) is 26.7. The van der Waals surface area contributed by atoms with Crippen LogP contribution in [0.5, 0.6) is 11.5 Å². The van der Waals surface area contributed by atoms with Gasteiger partial charge in [-0.25, -0.2) is 0 Å². The van der Waals surface area contributed by atoms with Gasteiger partial charge < -0.3 is 45.9 Å². The van der Waals surface area contributed by atoms with Crippen LogP contribution in [0.25, 0.3) is 32.9 Å². The van der Waals surface area contributed by atoms with Crippen LogP contribution in [0.15, 0.2) is 115 Å². The second kappa shape index (κ2) is 28.6. The number of pyridine rings is 1. The summed E-state index contributed by atoms with van der Waals surface area (Å²) in [6.45, 7) is 7.49. The van der Waals surface area contributed by atoms with Crippen LogP contribution in [0.2, 0.25) is 0 Å². The lowest BCUT2D eigenvalue weighted by atomic mass is 9.98. The summed E-state index contributed by atoms with van der Waals surface area (Å²) in [5.74, 6) is 3.49. The fraction of sp³-hybridized carbons (Fsp3) is 0.400. The third-order valence-corrected chi connectivity index (χ3v) is 13.4. The van der Waals surface area contributed by atoms with Gasteiger partial charge in [-0.05, 0) is 97.8 Å². The molecule has 12 nitrogen and oxygen atoms in total. The molecule has 6 rings (SSSR count). The molecule has 16 heteroatoms. The lowest BCUT2D eigenvalue weighted by Crippen LogP contribution is -2.53. The van der Waals surface area contributed by atoms with Gasteiger partial charge in [-0.1, -0.05) is 24.3 Å². The van der Waals surface area contributed by atoms with E-state index < -0.39 is 0 Å². The number of carbonyl (C=O) groups excluding carboxylic acids is 2. The molecule has 0 aliphatic carbocycles. The SMILES string of the molecule is C[N+](CCC[n+]1c(-c2ccccc2)c2cc(N)ccc2c2ccc(N)cc21)(CCNC(=O)CCCOc1ccc(N(CCCl)CCCl)cc1)CCNC(=O)CCCOc1ccc(N(CCCl)CCCl)cc1. The average molecular weight is 1050 g/mol. The Balaban J connectivity index is 1.07. The molecule has 0 saturated carbocycles. The Hall–Kier alpha value is -5.37. The van der Waals surface area contributed by atoms with Gasteiger partial charge in [0.05, 0.1) is 70.2 Å². The molecule has 0 saturated heterocycles. The molecule has 1 heterocycles. The Kier molecular flexibility index (Phi) is 22.1. The van der Waals surface area contributed by atoms with Crippen molar-refractivity contribution < 1.29 is 28.1 Å². The highest BCUT2D eigenvalue weighted by Gasteiger charge is 2.27. The van der Waals surface area contributed by atoms with E-state index in [1.807, 2.05) is 66.7 Å². The predicted octanol–water partition coefficient (Wildman–Crippen LogP) is 9.47. The number of nitrogens with two attached hydrogens (primary N) is 2. The summed E-state index contributed by atoms with van der Waals surface area (Å²) in [5.41, 5.74) is 19.6. The van der Waals surface area contributed by atoms with Gasteiger partial charge in [0.1, 0.15) is 11.5 Å². The maximum atomic E-state index is 13.1. The number of hydrogen-bond acceptors (Lipinski definition) is 8. The fourth-order valence-corrected chi connectivity index (χ4v) is 9.77. The maximum absolute atomic E-state index is 13.1. The number of quaternary nitrogens is 1. The Labute approximate surface area is 439 Å². The van der Waals surface area contributed by atoms with E-state index >= 15 is 0 Å². The van der Waals surface area contributed by atoms with Gasteiger partial charge in [0, 0.05) is 102 Å². The van der Waals surface area contributed by atoms with E-state index in [-0.39, 0.29) is 11.8 Å².